The lowest BCUT2D eigenvalue weighted by Gasteiger charge is -2.06. The Kier molecular flexibility index (Phi) is 3.82. The molecule has 2 rings (SSSR count). The number of nitrogens with zero attached hydrogens (tertiary/aromatic N) is 2. The van der Waals surface area contributed by atoms with Gasteiger partial charge in [0.2, 0.25) is 0 Å². The van der Waals surface area contributed by atoms with Gasteiger partial charge in [-0.2, -0.15) is 5.10 Å². The largest absolute Gasteiger partial charge is 0.313 e. The molecule has 18 heavy (non-hydrogen) atoms. The minimum Gasteiger partial charge on any atom is -0.313 e. The molecule has 0 amide bonds. The minimum absolute atomic E-state index is 0.882. The zero-order valence-electron chi connectivity index (χ0n) is 11.6. The summed E-state index contributed by atoms with van der Waals surface area (Å²) in [5, 5.41) is 7.94. The van der Waals surface area contributed by atoms with Crippen molar-refractivity contribution < 1.29 is 0 Å². The third-order valence-electron chi connectivity index (χ3n) is 3.17. The molecule has 0 aliphatic rings. The number of rotatable bonds is 4. The Labute approximate surface area is 109 Å². The van der Waals surface area contributed by atoms with E-state index in [9.17, 15) is 0 Å². The minimum atomic E-state index is 0.882. The second-order valence-electron chi connectivity index (χ2n) is 4.75. The zero-order chi connectivity index (χ0) is 13.1. The second-order valence-corrected chi connectivity index (χ2v) is 4.75. The molecule has 1 aromatic heterocycles. The van der Waals surface area contributed by atoms with Crippen molar-refractivity contribution in [2.45, 2.75) is 34.2 Å². The molecule has 0 aliphatic carbocycles. The molecule has 0 saturated heterocycles. The Balaban J connectivity index is 2.33. The van der Waals surface area contributed by atoms with E-state index in [1.807, 2.05) is 4.68 Å². The van der Waals surface area contributed by atoms with Crippen LogP contribution in [0.25, 0.3) is 5.69 Å². The van der Waals surface area contributed by atoms with E-state index in [1.54, 1.807) is 0 Å². The summed E-state index contributed by atoms with van der Waals surface area (Å²) in [7, 11) is 0. The zero-order valence-corrected chi connectivity index (χ0v) is 11.6. The van der Waals surface area contributed by atoms with E-state index < -0.39 is 0 Å². The van der Waals surface area contributed by atoms with Gasteiger partial charge in [0.25, 0.3) is 0 Å². The summed E-state index contributed by atoms with van der Waals surface area (Å²) in [4.78, 5) is 0. The first kappa shape index (κ1) is 12.8. The lowest BCUT2D eigenvalue weighted by molar-refractivity contribution is 0.723. The van der Waals surface area contributed by atoms with Gasteiger partial charge in [-0.3, -0.25) is 0 Å². The van der Waals surface area contributed by atoms with Crippen LogP contribution in [-0.2, 0) is 6.54 Å². The van der Waals surface area contributed by atoms with Gasteiger partial charge in [-0.15, -0.1) is 0 Å². The Hall–Kier alpha value is -1.61. The van der Waals surface area contributed by atoms with Crippen LogP contribution in [0.5, 0.6) is 0 Å². The first-order valence-electron chi connectivity index (χ1n) is 6.45. The van der Waals surface area contributed by atoms with Gasteiger partial charge in [0.1, 0.15) is 0 Å². The van der Waals surface area contributed by atoms with Crippen LogP contribution in [0.3, 0.4) is 0 Å². The lowest BCUT2D eigenvalue weighted by atomic mass is 10.1. The smallest absolute Gasteiger partial charge is 0.0675 e. The van der Waals surface area contributed by atoms with Gasteiger partial charge >= 0.3 is 0 Å². The van der Waals surface area contributed by atoms with E-state index >= 15 is 0 Å². The first-order valence-corrected chi connectivity index (χ1v) is 6.45. The predicted octanol–water partition coefficient (Wildman–Crippen LogP) is 2.91. The quantitative estimate of drug-likeness (QED) is 0.895. The topological polar surface area (TPSA) is 29.9 Å². The maximum Gasteiger partial charge on any atom is 0.0675 e. The van der Waals surface area contributed by atoms with Crippen LogP contribution in [0, 0.1) is 20.8 Å². The van der Waals surface area contributed by atoms with Crippen molar-refractivity contribution in [1.29, 1.82) is 0 Å². The fourth-order valence-electron chi connectivity index (χ4n) is 2.11. The molecule has 0 atom stereocenters. The van der Waals surface area contributed by atoms with Crippen molar-refractivity contribution in [1.82, 2.24) is 15.1 Å². The van der Waals surface area contributed by atoms with Gasteiger partial charge in [0.05, 0.1) is 11.4 Å². The molecule has 1 aromatic carbocycles. The SMILES string of the molecule is CCNCc1cn(-c2ccc(C)cc2C)nc1C. The van der Waals surface area contributed by atoms with Crippen molar-refractivity contribution >= 4 is 0 Å². The van der Waals surface area contributed by atoms with Crippen LogP contribution in [0.1, 0.15) is 29.3 Å². The molecule has 0 aliphatic heterocycles. The molecule has 0 radical (unpaired) electrons. The molecule has 3 nitrogen and oxygen atoms in total. The van der Waals surface area contributed by atoms with Crippen LogP contribution in [0.4, 0.5) is 0 Å². The van der Waals surface area contributed by atoms with E-state index in [1.165, 1.54) is 16.7 Å². The van der Waals surface area contributed by atoms with Crippen molar-refractivity contribution in [3.05, 3.63) is 46.8 Å². The highest BCUT2D eigenvalue weighted by molar-refractivity contribution is 5.42. The Bertz CT molecular complexity index is 541. The van der Waals surface area contributed by atoms with Gasteiger partial charge < -0.3 is 5.32 Å². The van der Waals surface area contributed by atoms with E-state index in [4.69, 9.17) is 0 Å². The van der Waals surface area contributed by atoms with Crippen molar-refractivity contribution in [2.75, 3.05) is 6.54 Å². The maximum atomic E-state index is 4.60. The Morgan fingerprint density at radius 1 is 1.22 bits per heavy atom. The average Bonchev–Trinajstić information content (AvgIpc) is 2.68. The third kappa shape index (κ3) is 2.62. The van der Waals surface area contributed by atoms with Crippen molar-refractivity contribution in [2.24, 2.45) is 0 Å². The normalized spacial score (nSPS) is 10.9. The lowest BCUT2D eigenvalue weighted by Crippen LogP contribution is -2.11. The Morgan fingerprint density at radius 3 is 2.67 bits per heavy atom. The number of benzene rings is 1. The molecule has 3 heteroatoms. The van der Waals surface area contributed by atoms with Gasteiger partial charge in [0, 0.05) is 18.3 Å². The predicted molar refractivity (Wildman–Crippen MR) is 75.2 cm³/mol. The summed E-state index contributed by atoms with van der Waals surface area (Å²) < 4.78 is 1.98. The van der Waals surface area contributed by atoms with Gasteiger partial charge in [-0.1, -0.05) is 24.6 Å². The molecule has 96 valence electrons. The molecule has 2 aromatic rings. The first-order chi connectivity index (χ1) is 8.61. The van der Waals surface area contributed by atoms with Crippen LogP contribution in [0.2, 0.25) is 0 Å². The summed E-state index contributed by atoms with van der Waals surface area (Å²) in [6, 6.07) is 6.45. The molecule has 0 fully saturated rings. The fraction of sp³-hybridized carbons (Fsp3) is 0.400. The average molecular weight is 243 g/mol. The third-order valence-corrected chi connectivity index (χ3v) is 3.17. The van der Waals surface area contributed by atoms with E-state index in [2.05, 4.69) is 62.5 Å². The number of aromatic nitrogens is 2. The molecular formula is C15H21N3. The second kappa shape index (κ2) is 5.36. The summed E-state index contributed by atoms with van der Waals surface area (Å²) in [5.41, 5.74) is 6.06. The van der Waals surface area contributed by atoms with Crippen LogP contribution in [-0.4, -0.2) is 16.3 Å². The highest BCUT2D eigenvalue weighted by Crippen LogP contribution is 2.17. The molecule has 0 saturated carbocycles. The number of hydrogen-bond donors (Lipinski definition) is 1. The van der Waals surface area contributed by atoms with Gasteiger partial charge in [0.15, 0.2) is 0 Å². The van der Waals surface area contributed by atoms with Crippen molar-refractivity contribution in [3.63, 3.8) is 0 Å². The summed E-state index contributed by atoms with van der Waals surface area (Å²) in [6.45, 7) is 10.3. The fourth-order valence-corrected chi connectivity index (χ4v) is 2.11. The number of hydrogen-bond acceptors (Lipinski definition) is 2. The monoisotopic (exact) mass is 243 g/mol. The number of aryl methyl sites for hydroxylation is 3. The standard InChI is InChI=1S/C15H21N3/c1-5-16-9-14-10-18(17-13(14)4)15-7-6-11(2)8-12(15)3/h6-8,10,16H,5,9H2,1-4H3. The van der Waals surface area contributed by atoms with Crippen molar-refractivity contribution in [3.8, 4) is 5.69 Å². The molecule has 0 spiro atoms. The molecular weight excluding hydrogens is 222 g/mol. The highest BCUT2D eigenvalue weighted by atomic mass is 15.3. The maximum absolute atomic E-state index is 4.60. The molecule has 0 unspecified atom stereocenters. The van der Waals surface area contributed by atoms with Crippen LogP contribution in [0.15, 0.2) is 24.4 Å². The summed E-state index contributed by atoms with van der Waals surface area (Å²) in [5.74, 6) is 0. The van der Waals surface area contributed by atoms with E-state index in [0.29, 0.717) is 0 Å². The Morgan fingerprint density at radius 2 is 2.00 bits per heavy atom. The molecule has 1 N–H and O–H groups in total. The van der Waals surface area contributed by atoms with E-state index in [0.717, 1.165) is 24.5 Å². The molecule has 0 bridgehead atoms. The molecule has 1 heterocycles. The highest BCUT2D eigenvalue weighted by Gasteiger charge is 2.07. The summed E-state index contributed by atoms with van der Waals surface area (Å²) >= 11 is 0. The van der Waals surface area contributed by atoms with Crippen LogP contribution >= 0.6 is 0 Å². The summed E-state index contributed by atoms with van der Waals surface area (Å²) in [6.07, 6.45) is 2.12. The number of nitrogens with one attached hydrogen (secondary N) is 1. The van der Waals surface area contributed by atoms with Crippen LogP contribution < -0.4 is 5.32 Å². The van der Waals surface area contributed by atoms with Gasteiger partial charge in [-0.05, 0) is 38.9 Å². The van der Waals surface area contributed by atoms with Gasteiger partial charge in [-0.25, -0.2) is 4.68 Å². The van der Waals surface area contributed by atoms with E-state index in [-0.39, 0.29) is 0 Å².